The van der Waals surface area contributed by atoms with Gasteiger partial charge in [-0.25, -0.2) is 9.97 Å². The summed E-state index contributed by atoms with van der Waals surface area (Å²) in [6.07, 6.45) is 0. The Bertz CT molecular complexity index is 1350. The van der Waals surface area contributed by atoms with E-state index < -0.39 is 0 Å². The third-order valence-corrected chi connectivity index (χ3v) is 8.74. The van der Waals surface area contributed by atoms with E-state index in [2.05, 4.69) is 20.6 Å². The van der Waals surface area contributed by atoms with Crippen molar-refractivity contribution in [2.75, 3.05) is 55.7 Å². The van der Waals surface area contributed by atoms with Crippen molar-refractivity contribution in [2.24, 2.45) is 0 Å². The van der Waals surface area contributed by atoms with Crippen molar-refractivity contribution < 1.29 is 28.4 Å². The number of benzene rings is 2. The molecule has 0 saturated carbocycles. The molecule has 238 valence electrons. The summed E-state index contributed by atoms with van der Waals surface area (Å²) in [7, 11) is 9.78. The molecule has 0 aliphatic rings. The molecule has 0 saturated heterocycles. The van der Waals surface area contributed by atoms with Crippen molar-refractivity contribution in [1.82, 2.24) is 19.8 Å². The first-order chi connectivity index (χ1) is 21.3. The summed E-state index contributed by atoms with van der Waals surface area (Å²) in [5.41, 5.74) is 4.20. The van der Waals surface area contributed by atoms with Gasteiger partial charge in [0.05, 0.1) is 64.1 Å². The van der Waals surface area contributed by atoms with Crippen molar-refractivity contribution in [2.45, 2.75) is 40.0 Å². The van der Waals surface area contributed by atoms with E-state index in [-0.39, 0.29) is 0 Å². The Hall–Kier alpha value is -3.58. The number of hydrogen-bond acceptors (Lipinski definition) is 12. The van der Waals surface area contributed by atoms with E-state index in [4.69, 9.17) is 38.4 Å². The lowest BCUT2D eigenvalue weighted by molar-refractivity contribution is 0.180. The number of aromatic nitrogens is 2. The highest BCUT2D eigenvalue weighted by Gasteiger charge is 2.20. The van der Waals surface area contributed by atoms with Crippen molar-refractivity contribution in [3.8, 4) is 34.5 Å². The van der Waals surface area contributed by atoms with Crippen LogP contribution in [0.2, 0.25) is 0 Å². The summed E-state index contributed by atoms with van der Waals surface area (Å²) in [6, 6.07) is 8.03. The Labute approximate surface area is 268 Å². The first kappa shape index (κ1) is 33.3. The highest BCUT2D eigenvalue weighted by Crippen LogP contribution is 2.39. The molecule has 0 aliphatic heterocycles. The summed E-state index contributed by atoms with van der Waals surface area (Å²) >= 11 is 3.33. The number of nitrogens with zero attached hydrogens (tertiary/aromatic N) is 4. The van der Waals surface area contributed by atoms with Crippen LogP contribution in [0.25, 0.3) is 0 Å². The quantitative estimate of drug-likeness (QED) is 0.137. The third kappa shape index (κ3) is 8.53. The third-order valence-electron chi connectivity index (χ3n) is 7.10. The Morgan fingerprint density at radius 3 is 1.11 bits per heavy atom. The lowest BCUT2D eigenvalue weighted by Crippen LogP contribution is -2.34. The average molecular weight is 643 g/mol. The SMILES string of the molecule is COc1cc(CN(CCN(Cc2cc(OC)c(OC)c(OC)c2)Cc2csc(C)n2)Cc2csc(C)n2)cc(OC)c1OC. The van der Waals surface area contributed by atoms with E-state index in [1.807, 2.05) is 38.1 Å². The standard InChI is InChI=1S/C32H42N4O6S2/c1-21-33-25(19-43-21)17-35(15-23-11-27(37-3)31(41-7)28(12-23)38-4)9-10-36(18-26-20-44-22(2)34-26)16-24-13-29(39-5)32(42-8)30(14-24)40-6/h11-14,19-20H,9-10,15-18H2,1-8H3. The molecule has 4 aromatic rings. The molecule has 2 aromatic heterocycles. The monoisotopic (exact) mass is 642 g/mol. The molecule has 4 rings (SSSR count). The fourth-order valence-corrected chi connectivity index (χ4v) is 6.31. The Morgan fingerprint density at radius 2 is 0.864 bits per heavy atom. The zero-order valence-corrected chi connectivity index (χ0v) is 28.4. The summed E-state index contributed by atoms with van der Waals surface area (Å²) < 4.78 is 33.6. The Balaban J connectivity index is 1.61. The van der Waals surface area contributed by atoms with E-state index >= 15 is 0 Å². The summed E-state index contributed by atoms with van der Waals surface area (Å²) in [6.45, 7) is 8.37. The van der Waals surface area contributed by atoms with Gasteiger partial charge >= 0.3 is 0 Å². The van der Waals surface area contributed by atoms with Crippen LogP contribution in [-0.2, 0) is 26.2 Å². The lowest BCUT2D eigenvalue weighted by Gasteiger charge is -2.28. The minimum absolute atomic E-state index is 0.579. The van der Waals surface area contributed by atoms with Gasteiger partial charge in [0.2, 0.25) is 11.5 Å². The minimum Gasteiger partial charge on any atom is -0.493 e. The fraction of sp³-hybridized carbons (Fsp3) is 0.438. The summed E-state index contributed by atoms with van der Waals surface area (Å²) in [5.74, 6) is 3.69. The van der Waals surface area contributed by atoms with Crippen LogP contribution < -0.4 is 28.4 Å². The fourth-order valence-electron chi connectivity index (χ4n) is 5.10. The second kappa shape index (κ2) is 15.9. The van der Waals surface area contributed by atoms with Gasteiger partial charge in [0.25, 0.3) is 0 Å². The van der Waals surface area contributed by atoms with Crippen LogP contribution in [0.3, 0.4) is 0 Å². The molecule has 0 fully saturated rings. The van der Waals surface area contributed by atoms with Gasteiger partial charge in [0.1, 0.15) is 0 Å². The van der Waals surface area contributed by atoms with Crippen LogP contribution in [0.5, 0.6) is 34.5 Å². The Kier molecular flexibility index (Phi) is 12.1. The van der Waals surface area contributed by atoms with E-state index in [0.717, 1.165) is 45.6 Å². The van der Waals surface area contributed by atoms with Crippen LogP contribution in [-0.4, -0.2) is 75.5 Å². The summed E-state index contributed by atoms with van der Waals surface area (Å²) in [5, 5.41) is 6.36. The van der Waals surface area contributed by atoms with Gasteiger partial charge in [-0.1, -0.05) is 0 Å². The molecular weight excluding hydrogens is 601 g/mol. The predicted molar refractivity (Wildman–Crippen MR) is 174 cm³/mol. The largest absolute Gasteiger partial charge is 0.493 e. The van der Waals surface area contributed by atoms with Gasteiger partial charge in [-0.15, -0.1) is 22.7 Å². The zero-order chi connectivity index (χ0) is 31.6. The molecule has 12 heteroatoms. The topological polar surface area (TPSA) is 87.6 Å². The molecule has 0 bridgehead atoms. The van der Waals surface area contributed by atoms with Gasteiger partial charge in [-0.2, -0.15) is 0 Å². The number of aryl methyl sites for hydroxylation is 2. The van der Waals surface area contributed by atoms with Crippen LogP contribution >= 0.6 is 22.7 Å². The molecule has 0 radical (unpaired) electrons. The molecule has 44 heavy (non-hydrogen) atoms. The number of ether oxygens (including phenoxy) is 6. The number of methoxy groups -OCH3 is 6. The highest BCUT2D eigenvalue weighted by molar-refractivity contribution is 7.09. The molecule has 2 heterocycles. The van der Waals surface area contributed by atoms with Crippen LogP contribution in [0.4, 0.5) is 0 Å². The molecule has 0 amide bonds. The molecule has 10 nitrogen and oxygen atoms in total. The van der Waals surface area contributed by atoms with Crippen LogP contribution in [0.1, 0.15) is 32.5 Å². The van der Waals surface area contributed by atoms with Crippen molar-refractivity contribution in [1.29, 1.82) is 0 Å². The number of hydrogen-bond donors (Lipinski definition) is 0. The van der Waals surface area contributed by atoms with Crippen molar-refractivity contribution >= 4 is 22.7 Å². The van der Waals surface area contributed by atoms with Crippen molar-refractivity contribution in [3.05, 3.63) is 67.6 Å². The minimum atomic E-state index is 0.579. The number of rotatable bonds is 17. The van der Waals surface area contributed by atoms with Gasteiger partial charge in [0.15, 0.2) is 23.0 Å². The molecule has 0 atom stereocenters. The van der Waals surface area contributed by atoms with E-state index in [1.54, 1.807) is 65.3 Å². The van der Waals surface area contributed by atoms with Gasteiger partial charge in [-0.05, 0) is 49.2 Å². The first-order valence-corrected chi connectivity index (χ1v) is 15.9. The number of thiazole rings is 2. The molecule has 2 aromatic carbocycles. The van der Waals surface area contributed by atoms with Gasteiger partial charge in [-0.3, -0.25) is 9.80 Å². The van der Waals surface area contributed by atoms with Gasteiger partial charge in [0, 0.05) is 50.0 Å². The summed E-state index contributed by atoms with van der Waals surface area (Å²) in [4.78, 5) is 14.3. The molecule has 0 N–H and O–H groups in total. The second-order valence-electron chi connectivity index (χ2n) is 10.2. The normalized spacial score (nSPS) is 11.2. The van der Waals surface area contributed by atoms with E-state index in [9.17, 15) is 0 Å². The van der Waals surface area contributed by atoms with Crippen molar-refractivity contribution in [3.63, 3.8) is 0 Å². The molecular formula is C32H42N4O6S2. The maximum absolute atomic E-state index is 5.63. The highest BCUT2D eigenvalue weighted by atomic mass is 32.1. The molecule has 0 spiro atoms. The maximum atomic E-state index is 5.63. The molecule has 0 unspecified atom stereocenters. The maximum Gasteiger partial charge on any atom is 0.203 e. The Morgan fingerprint density at radius 1 is 0.523 bits per heavy atom. The zero-order valence-electron chi connectivity index (χ0n) is 26.8. The first-order valence-electron chi connectivity index (χ1n) is 14.1. The lowest BCUT2D eigenvalue weighted by atomic mass is 10.1. The van der Waals surface area contributed by atoms with E-state index in [0.29, 0.717) is 60.7 Å². The smallest absolute Gasteiger partial charge is 0.203 e. The van der Waals surface area contributed by atoms with E-state index in [1.165, 1.54) is 0 Å². The van der Waals surface area contributed by atoms with Crippen LogP contribution in [0, 0.1) is 13.8 Å². The van der Waals surface area contributed by atoms with Gasteiger partial charge < -0.3 is 28.4 Å². The predicted octanol–water partition coefficient (Wildman–Crippen LogP) is 5.97. The second-order valence-corrected chi connectivity index (χ2v) is 12.3. The molecule has 0 aliphatic carbocycles. The average Bonchev–Trinajstić information content (AvgIpc) is 3.64. The van der Waals surface area contributed by atoms with Crippen LogP contribution in [0.15, 0.2) is 35.0 Å².